The molecule has 0 aliphatic carbocycles. The maximum absolute atomic E-state index is 6.05. The molecule has 0 spiro atoms. The Labute approximate surface area is 119 Å². The van der Waals surface area contributed by atoms with Crippen LogP contribution in [0.3, 0.4) is 0 Å². The summed E-state index contributed by atoms with van der Waals surface area (Å²) in [6, 6.07) is 6.12. The topological polar surface area (TPSA) is 51.4 Å². The molecule has 2 heterocycles. The van der Waals surface area contributed by atoms with Gasteiger partial charge in [0.05, 0.1) is 6.10 Å². The van der Waals surface area contributed by atoms with Crippen molar-refractivity contribution in [3.8, 4) is 0 Å². The van der Waals surface area contributed by atoms with Gasteiger partial charge in [-0.2, -0.15) is 0 Å². The van der Waals surface area contributed by atoms with Crippen molar-refractivity contribution in [3.05, 3.63) is 30.6 Å². The van der Waals surface area contributed by atoms with Gasteiger partial charge in [-0.1, -0.05) is 0 Å². The molecule has 0 bridgehead atoms. The molecule has 2 N–H and O–H groups in total. The molecule has 3 rings (SSSR count). The number of rotatable bonds is 4. The minimum Gasteiger partial charge on any atom is -0.398 e. The van der Waals surface area contributed by atoms with Crippen molar-refractivity contribution in [3.63, 3.8) is 0 Å². The average Bonchev–Trinajstić information content (AvgIpc) is 2.99. The van der Waals surface area contributed by atoms with Gasteiger partial charge in [-0.3, -0.25) is 4.98 Å². The zero-order valence-electron chi connectivity index (χ0n) is 11.9. The van der Waals surface area contributed by atoms with Gasteiger partial charge in [0.15, 0.2) is 0 Å². The molecular weight excluding hydrogens is 250 g/mol. The lowest BCUT2D eigenvalue weighted by atomic mass is 10.1. The molecule has 4 nitrogen and oxygen atoms in total. The molecule has 1 saturated heterocycles. The second kappa shape index (κ2) is 5.67. The Bertz CT molecular complexity index is 593. The lowest BCUT2D eigenvalue weighted by Gasteiger charge is -2.27. The summed E-state index contributed by atoms with van der Waals surface area (Å²) in [5.41, 5.74) is 8.05. The third-order valence-electron chi connectivity index (χ3n) is 4.00. The number of anilines is 2. The monoisotopic (exact) mass is 271 g/mol. The van der Waals surface area contributed by atoms with E-state index in [1.807, 2.05) is 24.5 Å². The van der Waals surface area contributed by atoms with Gasteiger partial charge in [0.1, 0.15) is 0 Å². The normalized spacial score (nSPS) is 18.6. The van der Waals surface area contributed by atoms with Crippen LogP contribution in [0.4, 0.5) is 11.4 Å². The van der Waals surface area contributed by atoms with Crippen molar-refractivity contribution in [2.24, 2.45) is 0 Å². The van der Waals surface area contributed by atoms with Crippen LogP contribution in [0.25, 0.3) is 10.8 Å². The zero-order valence-corrected chi connectivity index (χ0v) is 11.9. The van der Waals surface area contributed by atoms with E-state index in [4.69, 9.17) is 10.5 Å². The molecule has 106 valence electrons. The average molecular weight is 271 g/mol. The van der Waals surface area contributed by atoms with Gasteiger partial charge >= 0.3 is 0 Å². The van der Waals surface area contributed by atoms with Crippen molar-refractivity contribution in [2.75, 3.05) is 30.3 Å². The molecular formula is C16H21N3O. The largest absolute Gasteiger partial charge is 0.398 e. The van der Waals surface area contributed by atoms with Gasteiger partial charge in [0.25, 0.3) is 0 Å². The predicted molar refractivity (Wildman–Crippen MR) is 83.0 cm³/mol. The predicted octanol–water partition coefficient (Wildman–Crippen LogP) is 2.82. The smallest absolute Gasteiger partial charge is 0.0750 e. The van der Waals surface area contributed by atoms with Gasteiger partial charge in [-0.05, 0) is 38.0 Å². The molecule has 4 heteroatoms. The number of fused-ring (bicyclic) bond motifs is 1. The van der Waals surface area contributed by atoms with Crippen molar-refractivity contribution >= 4 is 22.1 Å². The van der Waals surface area contributed by atoms with Gasteiger partial charge in [-0.25, -0.2) is 0 Å². The molecule has 0 amide bonds. The number of benzene rings is 1. The number of hydrogen-bond acceptors (Lipinski definition) is 4. The van der Waals surface area contributed by atoms with E-state index >= 15 is 0 Å². The van der Waals surface area contributed by atoms with Gasteiger partial charge in [0, 0.05) is 54.2 Å². The maximum Gasteiger partial charge on any atom is 0.0750 e. The van der Waals surface area contributed by atoms with Crippen LogP contribution in [0.15, 0.2) is 30.6 Å². The van der Waals surface area contributed by atoms with Crippen molar-refractivity contribution in [1.82, 2.24) is 4.98 Å². The Morgan fingerprint density at radius 2 is 2.25 bits per heavy atom. The SMILES string of the molecule is CCN(CC1CCCO1)c1ccc(N)c2cnccc12. The third-order valence-corrected chi connectivity index (χ3v) is 4.00. The molecule has 1 unspecified atom stereocenters. The molecule has 0 saturated carbocycles. The summed E-state index contributed by atoms with van der Waals surface area (Å²) in [5.74, 6) is 0. The summed E-state index contributed by atoms with van der Waals surface area (Å²) >= 11 is 0. The molecule has 1 aromatic carbocycles. The minimum atomic E-state index is 0.351. The fraction of sp³-hybridized carbons (Fsp3) is 0.438. The number of nitrogens with zero attached hydrogens (tertiary/aromatic N) is 2. The zero-order chi connectivity index (χ0) is 13.9. The first kappa shape index (κ1) is 13.2. The Kier molecular flexibility index (Phi) is 3.74. The number of nitrogen functional groups attached to an aromatic ring is 1. The number of likely N-dealkylation sites (N-methyl/N-ethyl adjacent to an activating group) is 1. The summed E-state index contributed by atoms with van der Waals surface area (Å²) in [4.78, 5) is 6.55. The standard InChI is InChI=1S/C16H21N3O/c1-2-19(11-12-4-3-9-20-12)16-6-5-15(17)14-10-18-8-7-13(14)16/h5-8,10,12H,2-4,9,11,17H2,1H3. The first-order valence-electron chi connectivity index (χ1n) is 7.28. The lowest BCUT2D eigenvalue weighted by molar-refractivity contribution is 0.116. The Morgan fingerprint density at radius 3 is 3.00 bits per heavy atom. The maximum atomic E-state index is 6.05. The molecule has 1 aliphatic rings. The molecule has 2 aromatic rings. The number of ether oxygens (including phenoxy) is 1. The fourth-order valence-electron chi connectivity index (χ4n) is 2.90. The molecule has 1 atom stereocenters. The van der Waals surface area contributed by atoms with Crippen LogP contribution in [0.5, 0.6) is 0 Å². The summed E-state index contributed by atoms with van der Waals surface area (Å²) in [5, 5.41) is 2.19. The molecule has 20 heavy (non-hydrogen) atoms. The highest BCUT2D eigenvalue weighted by Gasteiger charge is 2.20. The summed E-state index contributed by atoms with van der Waals surface area (Å²) in [7, 11) is 0. The van der Waals surface area contributed by atoms with Gasteiger partial charge in [-0.15, -0.1) is 0 Å². The third kappa shape index (κ3) is 2.43. The highest BCUT2D eigenvalue weighted by Crippen LogP contribution is 2.31. The van der Waals surface area contributed by atoms with E-state index in [1.165, 1.54) is 17.5 Å². The summed E-state index contributed by atoms with van der Waals surface area (Å²) < 4.78 is 5.76. The first-order chi connectivity index (χ1) is 9.79. The van der Waals surface area contributed by atoms with E-state index in [1.54, 1.807) is 0 Å². The second-order valence-electron chi connectivity index (χ2n) is 5.27. The van der Waals surface area contributed by atoms with Crippen LogP contribution in [-0.2, 0) is 4.74 Å². The Hall–Kier alpha value is -1.81. The fourth-order valence-corrected chi connectivity index (χ4v) is 2.90. The van der Waals surface area contributed by atoms with Crippen molar-refractivity contribution in [2.45, 2.75) is 25.9 Å². The van der Waals surface area contributed by atoms with Gasteiger partial charge in [0.2, 0.25) is 0 Å². The summed E-state index contributed by atoms with van der Waals surface area (Å²) in [6.45, 7) is 4.98. The Morgan fingerprint density at radius 1 is 1.35 bits per heavy atom. The second-order valence-corrected chi connectivity index (χ2v) is 5.27. The number of aromatic nitrogens is 1. The summed E-state index contributed by atoms with van der Waals surface area (Å²) in [6.07, 6.45) is 6.35. The van der Waals surface area contributed by atoms with Crippen LogP contribution >= 0.6 is 0 Å². The van der Waals surface area contributed by atoms with E-state index in [0.29, 0.717) is 6.10 Å². The molecule has 1 fully saturated rings. The van der Waals surface area contributed by atoms with Crippen LogP contribution in [0.2, 0.25) is 0 Å². The van der Waals surface area contributed by atoms with Crippen LogP contribution in [-0.4, -0.2) is 30.8 Å². The van der Waals surface area contributed by atoms with Crippen LogP contribution in [0, 0.1) is 0 Å². The van der Waals surface area contributed by atoms with E-state index in [-0.39, 0.29) is 0 Å². The van der Waals surface area contributed by atoms with Crippen molar-refractivity contribution < 1.29 is 4.74 Å². The molecule has 0 radical (unpaired) electrons. The highest BCUT2D eigenvalue weighted by molar-refractivity contribution is 6.00. The number of nitrogens with two attached hydrogens (primary N) is 1. The van der Waals surface area contributed by atoms with Gasteiger partial charge < -0.3 is 15.4 Å². The highest BCUT2D eigenvalue weighted by atomic mass is 16.5. The molecule has 1 aliphatic heterocycles. The van der Waals surface area contributed by atoms with E-state index in [2.05, 4.69) is 22.9 Å². The van der Waals surface area contributed by atoms with E-state index in [0.717, 1.165) is 37.2 Å². The number of hydrogen-bond donors (Lipinski definition) is 1. The van der Waals surface area contributed by atoms with Crippen LogP contribution < -0.4 is 10.6 Å². The first-order valence-corrected chi connectivity index (χ1v) is 7.28. The Balaban J connectivity index is 1.96. The van der Waals surface area contributed by atoms with Crippen LogP contribution in [0.1, 0.15) is 19.8 Å². The lowest BCUT2D eigenvalue weighted by Crippen LogP contribution is -2.32. The minimum absolute atomic E-state index is 0.351. The van der Waals surface area contributed by atoms with E-state index < -0.39 is 0 Å². The van der Waals surface area contributed by atoms with E-state index in [9.17, 15) is 0 Å². The molecule has 1 aromatic heterocycles. The van der Waals surface area contributed by atoms with Crippen molar-refractivity contribution in [1.29, 1.82) is 0 Å². The number of pyridine rings is 1. The quantitative estimate of drug-likeness (QED) is 0.869.